The van der Waals surface area contributed by atoms with Crippen LogP contribution in [0, 0.1) is 23.6 Å². The molecule has 0 N–H and O–H groups in total. The van der Waals surface area contributed by atoms with E-state index in [4.69, 9.17) is 0 Å². The highest BCUT2D eigenvalue weighted by Gasteiger charge is 2.30. The monoisotopic (exact) mass is 342 g/mol. The predicted molar refractivity (Wildman–Crippen MR) is 106 cm³/mol. The van der Waals surface area contributed by atoms with Gasteiger partial charge in [-0.05, 0) is 86.0 Å². The van der Waals surface area contributed by atoms with Gasteiger partial charge in [0.2, 0.25) is 0 Å². The molecule has 0 radical (unpaired) electrons. The molecular formula is C24H35F. The largest absolute Gasteiger partial charge is 0.207 e. The van der Waals surface area contributed by atoms with Crippen molar-refractivity contribution in [2.75, 3.05) is 0 Å². The van der Waals surface area contributed by atoms with Crippen LogP contribution in [0.5, 0.6) is 0 Å². The normalized spacial score (nSPS) is 27.6. The van der Waals surface area contributed by atoms with Gasteiger partial charge in [-0.25, -0.2) is 4.39 Å². The molecule has 25 heavy (non-hydrogen) atoms. The van der Waals surface area contributed by atoms with E-state index in [2.05, 4.69) is 26.8 Å². The van der Waals surface area contributed by atoms with Crippen LogP contribution in [0.4, 0.5) is 4.39 Å². The third-order valence-corrected chi connectivity index (χ3v) is 6.90. The SMILES string of the molecule is CCCc1ccc(C2=C(C)CC(C3CCC(CC)CC3)CC2)cc1F. The molecule has 0 heterocycles. The Hall–Kier alpha value is -1.11. The maximum atomic E-state index is 14.3. The van der Waals surface area contributed by atoms with Crippen LogP contribution in [0.2, 0.25) is 0 Å². The van der Waals surface area contributed by atoms with Crippen molar-refractivity contribution < 1.29 is 4.39 Å². The van der Waals surface area contributed by atoms with Gasteiger partial charge in [-0.15, -0.1) is 0 Å². The molecule has 1 fully saturated rings. The molecule has 1 aromatic carbocycles. The fourth-order valence-corrected chi connectivity index (χ4v) is 5.23. The Labute approximate surface area is 153 Å². The lowest BCUT2D eigenvalue weighted by Crippen LogP contribution is -2.24. The van der Waals surface area contributed by atoms with Crippen molar-refractivity contribution in [3.05, 3.63) is 40.7 Å². The third-order valence-electron chi connectivity index (χ3n) is 6.90. The molecule has 0 aromatic heterocycles. The number of hydrogen-bond donors (Lipinski definition) is 0. The molecule has 0 nitrogen and oxygen atoms in total. The van der Waals surface area contributed by atoms with E-state index in [1.165, 1.54) is 56.1 Å². The molecular weight excluding hydrogens is 307 g/mol. The number of aryl methyl sites for hydroxylation is 1. The van der Waals surface area contributed by atoms with Crippen molar-refractivity contribution in [3.63, 3.8) is 0 Å². The summed E-state index contributed by atoms with van der Waals surface area (Å²) in [5.74, 6) is 2.77. The van der Waals surface area contributed by atoms with Gasteiger partial charge in [-0.1, -0.05) is 57.2 Å². The van der Waals surface area contributed by atoms with Gasteiger partial charge >= 0.3 is 0 Å². The first-order valence-corrected chi connectivity index (χ1v) is 10.6. The number of allylic oxidation sites excluding steroid dienone is 2. The summed E-state index contributed by atoms with van der Waals surface area (Å²) in [6.45, 7) is 6.74. The second kappa shape index (κ2) is 8.52. The van der Waals surface area contributed by atoms with Gasteiger partial charge in [-0.3, -0.25) is 0 Å². The van der Waals surface area contributed by atoms with Crippen molar-refractivity contribution >= 4 is 5.57 Å². The lowest BCUT2D eigenvalue weighted by Gasteiger charge is -2.36. The Balaban J connectivity index is 1.68. The van der Waals surface area contributed by atoms with Crippen LogP contribution in [0.3, 0.4) is 0 Å². The highest BCUT2D eigenvalue weighted by molar-refractivity contribution is 5.69. The molecule has 0 bridgehead atoms. The molecule has 0 aliphatic heterocycles. The van der Waals surface area contributed by atoms with Crippen LogP contribution < -0.4 is 0 Å². The quantitative estimate of drug-likeness (QED) is 0.517. The summed E-state index contributed by atoms with van der Waals surface area (Å²) >= 11 is 0. The van der Waals surface area contributed by atoms with Crippen LogP contribution >= 0.6 is 0 Å². The van der Waals surface area contributed by atoms with Crippen molar-refractivity contribution in [1.82, 2.24) is 0 Å². The standard InChI is InChI=1S/C24H35F/c1-4-6-20-11-12-22(16-24(20)25)23-14-13-21(15-17(23)3)19-9-7-18(5-2)8-10-19/h11-12,16,18-19,21H,4-10,13-15H2,1-3H3. The van der Waals surface area contributed by atoms with Crippen LogP contribution in [-0.4, -0.2) is 0 Å². The minimum Gasteiger partial charge on any atom is -0.207 e. The molecule has 0 spiro atoms. The van der Waals surface area contributed by atoms with E-state index in [9.17, 15) is 4.39 Å². The molecule has 3 rings (SSSR count). The summed E-state index contributed by atoms with van der Waals surface area (Å²) in [6, 6.07) is 5.95. The third kappa shape index (κ3) is 4.36. The first kappa shape index (κ1) is 18.7. The maximum absolute atomic E-state index is 14.3. The molecule has 1 unspecified atom stereocenters. The summed E-state index contributed by atoms with van der Waals surface area (Å²) in [6.07, 6.45) is 12.6. The number of rotatable bonds is 5. The zero-order chi connectivity index (χ0) is 17.8. The van der Waals surface area contributed by atoms with Crippen molar-refractivity contribution in [1.29, 1.82) is 0 Å². The lowest BCUT2D eigenvalue weighted by atomic mass is 9.69. The van der Waals surface area contributed by atoms with Crippen LogP contribution in [-0.2, 0) is 6.42 Å². The minimum absolute atomic E-state index is 0.0142. The van der Waals surface area contributed by atoms with Crippen LogP contribution in [0.25, 0.3) is 5.57 Å². The zero-order valence-corrected chi connectivity index (χ0v) is 16.4. The fraction of sp³-hybridized carbons (Fsp3) is 0.667. The highest BCUT2D eigenvalue weighted by atomic mass is 19.1. The smallest absolute Gasteiger partial charge is 0.127 e. The van der Waals surface area contributed by atoms with Gasteiger partial charge in [0.25, 0.3) is 0 Å². The van der Waals surface area contributed by atoms with Gasteiger partial charge in [-0.2, -0.15) is 0 Å². The van der Waals surface area contributed by atoms with E-state index in [0.29, 0.717) is 0 Å². The average molecular weight is 343 g/mol. The first-order valence-electron chi connectivity index (χ1n) is 10.6. The van der Waals surface area contributed by atoms with Crippen molar-refractivity contribution in [3.8, 4) is 0 Å². The zero-order valence-electron chi connectivity index (χ0n) is 16.4. The number of benzene rings is 1. The molecule has 1 aromatic rings. The predicted octanol–water partition coefficient (Wildman–Crippen LogP) is 7.57. The highest BCUT2D eigenvalue weighted by Crippen LogP contribution is 2.44. The van der Waals surface area contributed by atoms with Gasteiger partial charge in [0.15, 0.2) is 0 Å². The maximum Gasteiger partial charge on any atom is 0.127 e. The molecule has 2 aliphatic rings. The molecule has 0 amide bonds. The Morgan fingerprint density at radius 3 is 2.36 bits per heavy atom. The Bertz CT molecular complexity index is 605. The van der Waals surface area contributed by atoms with E-state index < -0.39 is 0 Å². The molecule has 1 heteroatoms. The van der Waals surface area contributed by atoms with Crippen molar-refractivity contribution in [2.45, 2.75) is 85.0 Å². The summed E-state index contributed by atoms with van der Waals surface area (Å²) in [5.41, 5.74) is 4.92. The van der Waals surface area contributed by atoms with Gasteiger partial charge in [0, 0.05) is 0 Å². The van der Waals surface area contributed by atoms with E-state index in [-0.39, 0.29) is 5.82 Å². The molecule has 0 saturated heterocycles. The molecule has 2 aliphatic carbocycles. The number of hydrogen-bond acceptors (Lipinski definition) is 0. The first-order chi connectivity index (χ1) is 12.1. The van der Waals surface area contributed by atoms with Crippen LogP contribution in [0.15, 0.2) is 23.8 Å². The minimum atomic E-state index is -0.0142. The second-order valence-corrected chi connectivity index (χ2v) is 8.51. The Kier molecular flexibility index (Phi) is 6.36. The molecule has 1 atom stereocenters. The summed E-state index contributed by atoms with van der Waals surface area (Å²) in [4.78, 5) is 0. The van der Waals surface area contributed by atoms with Gasteiger partial charge in [0.05, 0.1) is 0 Å². The van der Waals surface area contributed by atoms with Gasteiger partial charge < -0.3 is 0 Å². The van der Waals surface area contributed by atoms with E-state index in [1.54, 1.807) is 6.07 Å². The number of halogens is 1. The average Bonchev–Trinajstić information content (AvgIpc) is 2.63. The van der Waals surface area contributed by atoms with E-state index in [0.717, 1.165) is 48.1 Å². The van der Waals surface area contributed by atoms with Gasteiger partial charge in [0.1, 0.15) is 5.82 Å². The summed E-state index contributed by atoms with van der Waals surface area (Å²) in [5, 5.41) is 0. The Morgan fingerprint density at radius 2 is 1.76 bits per heavy atom. The van der Waals surface area contributed by atoms with E-state index >= 15 is 0 Å². The van der Waals surface area contributed by atoms with Crippen molar-refractivity contribution in [2.24, 2.45) is 17.8 Å². The van der Waals surface area contributed by atoms with E-state index in [1.807, 2.05) is 6.07 Å². The summed E-state index contributed by atoms with van der Waals surface area (Å²) in [7, 11) is 0. The van der Waals surface area contributed by atoms with Crippen LogP contribution in [0.1, 0.15) is 89.7 Å². The topological polar surface area (TPSA) is 0 Å². The lowest BCUT2D eigenvalue weighted by molar-refractivity contribution is 0.190. The fourth-order valence-electron chi connectivity index (χ4n) is 5.23. The second-order valence-electron chi connectivity index (χ2n) is 8.51. The molecule has 1 saturated carbocycles. The summed E-state index contributed by atoms with van der Waals surface area (Å²) < 4.78 is 14.3. The Morgan fingerprint density at radius 1 is 1.00 bits per heavy atom. The molecule has 138 valence electrons.